The van der Waals surface area contributed by atoms with Crippen LogP contribution in [0.1, 0.15) is 42.7 Å². The average molecular weight is 555 g/mol. The monoisotopic (exact) mass is 554 g/mol. The van der Waals surface area contributed by atoms with Crippen LogP contribution in [0.25, 0.3) is 11.3 Å². The highest BCUT2D eigenvalue weighted by Gasteiger charge is 2.38. The normalized spacial score (nSPS) is 17.7. The Kier molecular flexibility index (Phi) is 10.3. The lowest BCUT2D eigenvalue weighted by molar-refractivity contribution is -0.154. The number of pyridine rings is 1. The number of hydroxylamine groups is 1. The third kappa shape index (κ3) is 6.78. The topological polar surface area (TPSA) is 135 Å². The number of aryl methyl sites for hydroxylation is 1. The Morgan fingerprint density at radius 3 is 2.54 bits per heavy atom. The van der Waals surface area contributed by atoms with Crippen molar-refractivity contribution in [2.45, 2.75) is 38.5 Å². The van der Waals surface area contributed by atoms with Gasteiger partial charge in [-0.25, -0.2) is 4.98 Å². The van der Waals surface area contributed by atoms with E-state index in [1.807, 2.05) is 25.1 Å². The number of piperidine rings is 1. The van der Waals surface area contributed by atoms with Crippen LogP contribution in [-0.4, -0.2) is 72.7 Å². The fourth-order valence-corrected chi connectivity index (χ4v) is 6.05. The molecular formula is C25H35ClN4O6S. The number of aromatic nitrogens is 1. The Morgan fingerprint density at radius 1 is 1.19 bits per heavy atom. The van der Waals surface area contributed by atoms with Crippen LogP contribution in [-0.2, 0) is 19.7 Å². The van der Waals surface area contributed by atoms with Crippen LogP contribution in [0.4, 0.5) is 0 Å². The molecule has 2 saturated heterocycles. The standard InChI is InChI=1S/C25H34N4O6S.ClH/c1-18-17-21(5-6-22(18)23-3-2-4-24(27-23)35-16-11-26)19-7-12-28(13-8-19)36(32,33)29(31)25(30)20-9-14-34-15-10-20;/h2-6,17,19-20,31H,7-16,26H2,1H3;1H. The molecule has 1 aromatic carbocycles. The van der Waals surface area contributed by atoms with E-state index < -0.39 is 22.0 Å². The van der Waals surface area contributed by atoms with E-state index >= 15 is 0 Å². The second kappa shape index (κ2) is 13.0. The van der Waals surface area contributed by atoms with Gasteiger partial charge in [-0.2, -0.15) is 12.7 Å². The minimum absolute atomic E-state index is 0. The van der Waals surface area contributed by atoms with Crippen LogP contribution < -0.4 is 10.5 Å². The van der Waals surface area contributed by atoms with Gasteiger partial charge in [0.15, 0.2) is 0 Å². The Morgan fingerprint density at radius 2 is 1.89 bits per heavy atom. The van der Waals surface area contributed by atoms with Gasteiger partial charge in [-0.15, -0.1) is 12.4 Å². The lowest BCUT2D eigenvalue weighted by Crippen LogP contribution is -2.49. The van der Waals surface area contributed by atoms with Gasteiger partial charge in [0.05, 0.1) is 5.69 Å². The molecule has 0 saturated carbocycles. The van der Waals surface area contributed by atoms with Crippen molar-refractivity contribution in [1.82, 2.24) is 13.8 Å². The third-order valence-electron chi connectivity index (χ3n) is 6.85. The number of rotatable bonds is 8. The van der Waals surface area contributed by atoms with Gasteiger partial charge in [0.2, 0.25) is 5.88 Å². The predicted octanol–water partition coefficient (Wildman–Crippen LogP) is 2.88. The molecule has 2 aromatic rings. The number of amides is 1. The van der Waals surface area contributed by atoms with E-state index in [-0.39, 0.29) is 35.9 Å². The Bertz CT molecular complexity index is 1170. The quantitative estimate of drug-likeness (QED) is 0.375. The van der Waals surface area contributed by atoms with E-state index in [1.165, 1.54) is 4.31 Å². The lowest BCUT2D eigenvalue weighted by Gasteiger charge is -2.34. The third-order valence-corrected chi connectivity index (χ3v) is 8.48. The van der Waals surface area contributed by atoms with Gasteiger partial charge in [-0.1, -0.05) is 28.7 Å². The summed E-state index contributed by atoms with van der Waals surface area (Å²) < 4.78 is 37.7. The molecule has 0 radical (unpaired) electrons. The minimum Gasteiger partial charge on any atom is -0.476 e. The van der Waals surface area contributed by atoms with E-state index in [9.17, 15) is 18.4 Å². The molecule has 37 heavy (non-hydrogen) atoms. The molecule has 12 heteroatoms. The summed E-state index contributed by atoms with van der Waals surface area (Å²) in [6, 6.07) is 11.8. The first kappa shape index (κ1) is 29.3. The molecule has 1 amide bonds. The van der Waals surface area contributed by atoms with E-state index in [1.54, 1.807) is 6.07 Å². The van der Waals surface area contributed by atoms with Gasteiger partial charge < -0.3 is 15.2 Å². The molecule has 2 fully saturated rings. The second-order valence-corrected chi connectivity index (χ2v) is 11.0. The number of halogens is 1. The number of hydrogen-bond acceptors (Lipinski definition) is 8. The van der Waals surface area contributed by atoms with Crippen molar-refractivity contribution in [3.8, 4) is 17.1 Å². The molecule has 0 bridgehead atoms. The van der Waals surface area contributed by atoms with Gasteiger partial charge in [0.1, 0.15) is 6.61 Å². The van der Waals surface area contributed by atoms with Crippen molar-refractivity contribution in [3.05, 3.63) is 47.5 Å². The van der Waals surface area contributed by atoms with E-state index in [0.29, 0.717) is 57.9 Å². The van der Waals surface area contributed by atoms with Crippen molar-refractivity contribution in [3.63, 3.8) is 0 Å². The molecule has 2 aliphatic rings. The van der Waals surface area contributed by atoms with Crippen LogP contribution >= 0.6 is 12.4 Å². The summed E-state index contributed by atoms with van der Waals surface area (Å²) in [5, 5.41) is 10.3. The van der Waals surface area contributed by atoms with Crippen molar-refractivity contribution >= 4 is 28.5 Å². The van der Waals surface area contributed by atoms with Gasteiger partial charge in [-0.3, -0.25) is 10.0 Å². The number of nitrogens with two attached hydrogens (primary N) is 1. The van der Waals surface area contributed by atoms with Crippen molar-refractivity contribution in [1.29, 1.82) is 0 Å². The molecule has 10 nitrogen and oxygen atoms in total. The van der Waals surface area contributed by atoms with Gasteiger partial charge in [-0.05, 0) is 55.7 Å². The van der Waals surface area contributed by atoms with Gasteiger partial charge in [0, 0.05) is 50.4 Å². The van der Waals surface area contributed by atoms with E-state index in [0.717, 1.165) is 22.4 Å². The SMILES string of the molecule is Cc1cc(C2CCN(S(=O)(=O)N(O)C(=O)C3CCOCC3)CC2)ccc1-c1cccc(OCCN)n1.Cl. The molecular weight excluding hydrogens is 520 g/mol. The first-order chi connectivity index (χ1) is 17.3. The highest BCUT2D eigenvalue weighted by Crippen LogP contribution is 2.33. The first-order valence-corrected chi connectivity index (χ1v) is 13.7. The Balaban J connectivity index is 0.00000380. The zero-order valence-corrected chi connectivity index (χ0v) is 22.5. The lowest BCUT2D eigenvalue weighted by atomic mass is 9.88. The fraction of sp³-hybridized carbons (Fsp3) is 0.520. The van der Waals surface area contributed by atoms with Crippen molar-refractivity contribution in [2.75, 3.05) is 39.5 Å². The molecule has 0 aliphatic carbocycles. The molecule has 4 rings (SSSR count). The highest BCUT2D eigenvalue weighted by molar-refractivity contribution is 7.87. The molecule has 0 unspecified atom stereocenters. The van der Waals surface area contributed by atoms with E-state index in [2.05, 4.69) is 17.1 Å². The summed E-state index contributed by atoms with van der Waals surface area (Å²) in [7, 11) is -4.27. The average Bonchev–Trinajstić information content (AvgIpc) is 2.91. The largest absolute Gasteiger partial charge is 0.476 e. The number of nitrogens with zero attached hydrogens (tertiary/aromatic N) is 3. The summed E-state index contributed by atoms with van der Waals surface area (Å²) >= 11 is 0. The van der Waals surface area contributed by atoms with Crippen LogP contribution in [0.2, 0.25) is 0 Å². The van der Waals surface area contributed by atoms with Crippen molar-refractivity contribution in [2.24, 2.45) is 11.7 Å². The van der Waals surface area contributed by atoms with Crippen LogP contribution in [0.5, 0.6) is 5.88 Å². The number of carbonyl (C=O) groups is 1. The van der Waals surface area contributed by atoms with Crippen molar-refractivity contribution < 1.29 is 27.9 Å². The zero-order valence-electron chi connectivity index (χ0n) is 20.9. The van der Waals surface area contributed by atoms with E-state index in [4.69, 9.17) is 15.2 Å². The molecule has 0 spiro atoms. The fourth-order valence-electron chi connectivity index (χ4n) is 4.78. The molecule has 3 heterocycles. The zero-order chi connectivity index (χ0) is 25.7. The maximum absolute atomic E-state index is 12.9. The molecule has 2 aliphatic heterocycles. The van der Waals surface area contributed by atoms with Crippen LogP contribution in [0.3, 0.4) is 0 Å². The second-order valence-electron chi connectivity index (χ2n) is 9.22. The summed E-state index contributed by atoms with van der Waals surface area (Å²) in [4.78, 5) is 17.1. The highest BCUT2D eigenvalue weighted by atomic mass is 35.5. The van der Waals surface area contributed by atoms with Gasteiger partial charge >= 0.3 is 10.2 Å². The summed E-state index contributed by atoms with van der Waals surface area (Å²) in [6.45, 7) is 4.08. The maximum atomic E-state index is 12.9. The number of benzene rings is 1. The Labute approximate surface area is 224 Å². The molecule has 204 valence electrons. The number of hydrogen-bond donors (Lipinski definition) is 2. The minimum atomic E-state index is -4.27. The predicted molar refractivity (Wildman–Crippen MR) is 141 cm³/mol. The van der Waals surface area contributed by atoms with Crippen LogP contribution in [0, 0.1) is 12.8 Å². The Hall–Kier alpha value is -2.28. The molecule has 3 N–H and O–H groups in total. The number of ether oxygens (including phenoxy) is 2. The number of carbonyl (C=O) groups excluding carboxylic acids is 1. The summed E-state index contributed by atoms with van der Waals surface area (Å²) in [5.41, 5.74) is 9.51. The summed E-state index contributed by atoms with van der Waals surface area (Å²) in [6.07, 6.45) is 2.00. The van der Waals surface area contributed by atoms with Gasteiger partial charge in [0.25, 0.3) is 5.91 Å². The first-order valence-electron chi connectivity index (χ1n) is 12.3. The summed E-state index contributed by atoms with van der Waals surface area (Å²) in [5.74, 6) is -0.615. The van der Waals surface area contributed by atoms with Crippen LogP contribution in [0.15, 0.2) is 36.4 Å². The maximum Gasteiger partial charge on any atom is 0.329 e. The molecule has 1 aromatic heterocycles. The molecule has 0 atom stereocenters. The smallest absolute Gasteiger partial charge is 0.329 e.